The van der Waals surface area contributed by atoms with E-state index in [2.05, 4.69) is 5.32 Å². The lowest BCUT2D eigenvalue weighted by Crippen LogP contribution is -2.50. The molecule has 0 radical (unpaired) electrons. The maximum Gasteiger partial charge on any atom is 0.242 e. The number of fused-ring (bicyclic) bond motifs is 1. The van der Waals surface area contributed by atoms with Crippen LogP contribution < -0.4 is 10.2 Å². The first-order chi connectivity index (χ1) is 12.4. The Balaban J connectivity index is 1.71. The average Bonchev–Trinajstić information content (AvgIpc) is 2.66. The quantitative estimate of drug-likeness (QED) is 0.855. The number of para-hydroxylation sites is 1. The second-order valence-corrected chi connectivity index (χ2v) is 7.12. The molecule has 0 atom stereocenters. The summed E-state index contributed by atoms with van der Waals surface area (Å²) in [6, 6.07) is 13.8. The molecule has 0 saturated carbocycles. The van der Waals surface area contributed by atoms with Gasteiger partial charge in [-0.25, -0.2) is 4.39 Å². The first-order valence-electron chi connectivity index (χ1n) is 8.82. The van der Waals surface area contributed by atoms with Crippen molar-refractivity contribution in [2.45, 2.75) is 33.2 Å². The second-order valence-electron chi connectivity index (χ2n) is 7.12. The molecule has 1 heterocycles. The lowest BCUT2D eigenvalue weighted by Gasteiger charge is -2.35. The second kappa shape index (κ2) is 7.28. The molecule has 1 N–H and O–H groups in total. The number of nitrogens with one attached hydrogen (secondary N) is 1. The molecule has 0 aliphatic carbocycles. The van der Waals surface area contributed by atoms with Crippen molar-refractivity contribution in [3.05, 3.63) is 65.5 Å². The molecule has 5 heteroatoms. The van der Waals surface area contributed by atoms with E-state index >= 15 is 0 Å². The highest BCUT2D eigenvalue weighted by Crippen LogP contribution is 2.31. The van der Waals surface area contributed by atoms with Gasteiger partial charge in [0.2, 0.25) is 11.8 Å². The maximum absolute atomic E-state index is 13.1. The third kappa shape index (κ3) is 3.62. The standard InChI is InChI=1S/C21H23FN2O2/c1-21(2,19(25)23-14-15-9-11-17(22)12-10-15)20(26)24-13-5-7-16-6-3-4-8-18(16)24/h3-4,6,8-12H,5,7,13-14H2,1-2H3,(H,23,25). The topological polar surface area (TPSA) is 49.4 Å². The Hall–Kier alpha value is -2.69. The Kier molecular flexibility index (Phi) is 5.07. The van der Waals surface area contributed by atoms with Crippen LogP contribution in [0.2, 0.25) is 0 Å². The molecule has 0 spiro atoms. The fraction of sp³-hybridized carbons (Fsp3) is 0.333. The Morgan fingerprint density at radius 3 is 2.54 bits per heavy atom. The van der Waals surface area contributed by atoms with Gasteiger partial charge >= 0.3 is 0 Å². The molecule has 26 heavy (non-hydrogen) atoms. The average molecular weight is 354 g/mol. The van der Waals surface area contributed by atoms with Crippen LogP contribution in [0.4, 0.5) is 10.1 Å². The summed E-state index contributed by atoms with van der Waals surface area (Å²) in [5, 5.41) is 2.79. The van der Waals surface area contributed by atoms with Crippen LogP contribution >= 0.6 is 0 Å². The van der Waals surface area contributed by atoms with Crippen molar-refractivity contribution in [1.29, 1.82) is 0 Å². The van der Waals surface area contributed by atoms with Crippen molar-refractivity contribution in [2.75, 3.05) is 11.4 Å². The molecule has 0 fully saturated rings. The zero-order valence-electron chi connectivity index (χ0n) is 15.1. The molecule has 3 rings (SSSR count). The Morgan fingerprint density at radius 1 is 1.12 bits per heavy atom. The molecule has 4 nitrogen and oxygen atoms in total. The van der Waals surface area contributed by atoms with E-state index in [1.807, 2.05) is 24.3 Å². The number of hydrogen-bond acceptors (Lipinski definition) is 2. The number of carbonyl (C=O) groups is 2. The van der Waals surface area contributed by atoms with Crippen molar-refractivity contribution >= 4 is 17.5 Å². The molecule has 1 aliphatic rings. The fourth-order valence-corrected chi connectivity index (χ4v) is 3.18. The number of anilines is 1. The summed E-state index contributed by atoms with van der Waals surface area (Å²) in [5.74, 6) is -0.865. The predicted molar refractivity (Wildman–Crippen MR) is 99.1 cm³/mol. The van der Waals surface area contributed by atoms with Crippen molar-refractivity contribution in [2.24, 2.45) is 5.41 Å². The molecule has 0 bridgehead atoms. The highest BCUT2D eigenvalue weighted by Gasteiger charge is 2.40. The minimum Gasteiger partial charge on any atom is -0.351 e. The van der Waals surface area contributed by atoms with Crippen LogP contribution in [0.1, 0.15) is 31.4 Å². The van der Waals surface area contributed by atoms with Crippen molar-refractivity contribution < 1.29 is 14.0 Å². The van der Waals surface area contributed by atoms with E-state index in [-0.39, 0.29) is 24.2 Å². The van der Waals surface area contributed by atoms with E-state index in [1.54, 1.807) is 30.9 Å². The summed E-state index contributed by atoms with van der Waals surface area (Å²) in [5.41, 5.74) is 1.62. The van der Waals surface area contributed by atoms with E-state index in [0.29, 0.717) is 6.54 Å². The van der Waals surface area contributed by atoms with Gasteiger partial charge in [-0.2, -0.15) is 0 Å². The summed E-state index contributed by atoms with van der Waals surface area (Å²) in [7, 11) is 0. The fourth-order valence-electron chi connectivity index (χ4n) is 3.18. The van der Waals surface area contributed by atoms with Crippen molar-refractivity contribution in [3.8, 4) is 0 Å². The lowest BCUT2D eigenvalue weighted by atomic mass is 9.88. The van der Waals surface area contributed by atoms with Crippen LogP contribution in [-0.2, 0) is 22.6 Å². The Bertz CT molecular complexity index is 815. The van der Waals surface area contributed by atoms with E-state index in [1.165, 1.54) is 12.1 Å². The van der Waals surface area contributed by atoms with Crippen LogP contribution in [0.3, 0.4) is 0 Å². The number of rotatable bonds is 4. The first kappa shape index (κ1) is 18.1. The predicted octanol–water partition coefficient (Wildman–Crippen LogP) is 3.45. The van der Waals surface area contributed by atoms with Crippen LogP contribution in [0.5, 0.6) is 0 Å². The number of aryl methyl sites for hydroxylation is 1. The Labute approximate surface area is 153 Å². The maximum atomic E-state index is 13.1. The summed E-state index contributed by atoms with van der Waals surface area (Å²) < 4.78 is 13.0. The number of benzene rings is 2. The number of halogens is 1. The summed E-state index contributed by atoms with van der Waals surface area (Å²) in [6.45, 7) is 4.16. The lowest BCUT2D eigenvalue weighted by molar-refractivity contribution is -0.140. The minimum atomic E-state index is -1.19. The molecule has 2 amide bonds. The van der Waals surface area contributed by atoms with E-state index in [4.69, 9.17) is 0 Å². The summed E-state index contributed by atoms with van der Waals surface area (Å²) in [4.78, 5) is 27.5. The molecule has 1 aliphatic heterocycles. The van der Waals surface area contributed by atoms with Gasteiger partial charge in [-0.3, -0.25) is 9.59 Å². The van der Waals surface area contributed by atoms with Gasteiger partial charge in [0, 0.05) is 18.8 Å². The third-order valence-electron chi connectivity index (χ3n) is 4.82. The van der Waals surface area contributed by atoms with Gasteiger partial charge in [0.25, 0.3) is 0 Å². The highest BCUT2D eigenvalue weighted by atomic mass is 19.1. The van der Waals surface area contributed by atoms with Gasteiger partial charge in [0.05, 0.1) is 0 Å². The first-order valence-corrected chi connectivity index (χ1v) is 8.82. The van der Waals surface area contributed by atoms with Gasteiger partial charge in [-0.05, 0) is 56.0 Å². The summed E-state index contributed by atoms with van der Waals surface area (Å²) >= 11 is 0. The number of hydrogen-bond donors (Lipinski definition) is 1. The van der Waals surface area contributed by atoms with Crippen LogP contribution in [0.15, 0.2) is 48.5 Å². The number of carbonyl (C=O) groups excluding carboxylic acids is 2. The Morgan fingerprint density at radius 2 is 1.81 bits per heavy atom. The molecule has 2 aromatic carbocycles. The number of nitrogens with zero attached hydrogens (tertiary/aromatic N) is 1. The number of amides is 2. The van der Waals surface area contributed by atoms with E-state index in [9.17, 15) is 14.0 Å². The monoisotopic (exact) mass is 354 g/mol. The molecule has 136 valence electrons. The summed E-state index contributed by atoms with van der Waals surface area (Å²) in [6.07, 6.45) is 1.83. The zero-order valence-corrected chi connectivity index (χ0v) is 15.1. The van der Waals surface area contributed by atoms with Gasteiger partial charge in [0.1, 0.15) is 11.2 Å². The zero-order chi connectivity index (χ0) is 18.7. The van der Waals surface area contributed by atoms with E-state index < -0.39 is 5.41 Å². The van der Waals surface area contributed by atoms with Crippen LogP contribution in [0, 0.1) is 11.2 Å². The molecule has 2 aromatic rings. The van der Waals surface area contributed by atoms with Gasteiger partial charge < -0.3 is 10.2 Å². The van der Waals surface area contributed by atoms with Crippen molar-refractivity contribution in [1.82, 2.24) is 5.32 Å². The third-order valence-corrected chi connectivity index (χ3v) is 4.82. The molecular weight excluding hydrogens is 331 g/mol. The van der Waals surface area contributed by atoms with Gasteiger partial charge in [-0.1, -0.05) is 30.3 Å². The van der Waals surface area contributed by atoms with Crippen molar-refractivity contribution in [3.63, 3.8) is 0 Å². The van der Waals surface area contributed by atoms with Gasteiger partial charge in [0.15, 0.2) is 0 Å². The molecule has 0 aromatic heterocycles. The van der Waals surface area contributed by atoms with Crippen LogP contribution in [-0.4, -0.2) is 18.4 Å². The smallest absolute Gasteiger partial charge is 0.242 e. The largest absolute Gasteiger partial charge is 0.351 e. The van der Waals surface area contributed by atoms with E-state index in [0.717, 1.165) is 29.7 Å². The normalized spacial score (nSPS) is 13.9. The minimum absolute atomic E-state index is 0.207. The molecule has 0 saturated heterocycles. The van der Waals surface area contributed by atoms with Crippen LogP contribution in [0.25, 0.3) is 0 Å². The van der Waals surface area contributed by atoms with Gasteiger partial charge in [-0.15, -0.1) is 0 Å². The highest BCUT2D eigenvalue weighted by molar-refractivity contribution is 6.11. The molecule has 0 unspecified atom stereocenters. The SMILES string of the molecule is CC(C)(C(=O)NCc1ccc(F)cc1)C(=O)N1CCCc2ccccc21. The molecular formula is C21H23FN2O2.